The van der Waals surface area contributed by atoms with Gasteiger partial charge in [-0.25, -0.2) is 13.1 Å². The molecule has 0 atom stereocenters. The molecular weight excluding hydrogens is 538 g/mol. The van der Waals surface area contributed by atoms with E-state index >= 15 is 0 Å². The SMILES string of the molecule is Cc1c(S(=O)(=O)NC(C)(C)C)ccc(-c2cc(C(=O)NC3CCC3)c(C)n2CC2CCCCC2)c1Cl.O=C=O. The number of nitrogens with one attached hydrogen (secondary N) is 2. The van der Waals surface area contributed by atoms with Gasteiger partial charge in [0.2, 0.25) is 10.0 Å². The number of sulfonamides is 1. The highest BCUT2D eigenvalue weighted by atomic mass is 35.5. The van der Waals surface area contributed by atoms with Gasteiger partial charge in [0.25, 0.3) is 5.91 Å². The number of hydrogen-bond donors (Lipinski definition) is 2. The fraction of sp³-hybridized carbons (Fsp3) is 0.586. The van der Waals surface area contributed by atoms with Crippen LogP contribution in [0.1, 0.15) is 93.8 Å². The lowest BCUT2D eigenvalue weighted by Crippen LogP contribution is -2.40. The van der Waals surface area contributed by atoms with Crippen LogP contribution in [0, 0.1) is 19.8 Å². The van der Waals surface area contributed by atoms with Crippen molar-refractivity contribution in [2.75, 3.05) is 0 Å². The minimum atomic E-state index is -3.73. The standard InChI is InChI=1S/C28H40ClN3O3S.CO2/c1-18-25(36(34,35)31-28(3,4)5)15-14-22(26(18)29)24-16-23(27(33)30-21-12-9-13-21)19(2)32(24)17-20-10-7-6-8-11-20;2-1-3/h14-16,20-21,31H,6-13,17H2,1-5H3,(H,30,33);. The number of carbonyl (C=O) groups excluding carboxylic acids is 3. The van der Waals surface area contributed by atoms with Crippen molar-refractivity contribution in [1.82, 2.24) is 14.6 Å². The average Bonchev–Trinajstić information content (AvgIpc) is 3.13. The van der Waals surface area contributed by atoms with Crippen LogP contribution in [0.3, 0.4) is 0 Å². The van der Waals surface area contributed by atoms with E-state index in [4.69, 9.17) is 21.2 Å². The van der Waals surface area contributed by atoms with Crippen LogP contribution in [0.25, 0.3) is 11.3 Å². The summed E-state index contributed by atoms with van der Waals surface area (Å²) < 4.78 is 31.1. The predicted molar refractivity (Wildman–Crippen MR) is 151 cm³/mol. The number of amides is 1. The average molecular weight is 578 g/mol. The molecule has 2 aliphatic carbocycles. The van der Waals surface area contributed by atoms with E-state index in [2.05, 4.69) is 14.6 Å². The van der Waals surface area contributed by atoms with Gasteiger partial charge >= 0.3 is 6.15 Å². The normalized spacial score (nSPS) is 16.6. The zero-order valence-corrected chi connectivity index (χ0v) is 25.1. The first-order chi connectivity index (χ1) is 18.3. The number of benzene rings is 1. The molecule has 0 bridgehead atoms. The topological polar surface area (TPSA) is 114 Å². The smallest absolute Gasteiger partial charge is 0.349 e. The maximum atomic E-state index is 13.2. The Labute approximate surface area is 236 Å². The maximum absolute atomic E-state index is 13.2. The summed E-state index contributed by atoms with van der Waals surface area (Å²) in [6, 6.07) is 5.61. The van der Waals surface area contributed by atoms with Crippen molar-refractivity contribution in [2.45, 2.75) is 109 Å². The van der Waals surface area contributed by atoms with Gasteiger partial charge in [0.05, 0.1) is 21.2 Å². The highest BCUT2D eigenvalue weighted by molar-refractivity contribution is 7.89. The first-order valence-electron chi connectivity index (χ1n) is 13.6. The molecule has 1 amide bonds. The Bertz CT molecular complexity index is 1330. The van der Waals surface area contributed by atoms with Gasteiger partial charge in [-0.05, 0) is 90.3 Å². The third kappa shape index (κ3) is 7.60. The monoisotopic (exact) mass is 577 g/mol. The molecule has 0 spiro atoms. The molecule has 2 saturated carbocycles. The van der Waals surface area contributed by atoms with E-state index in [1.807, 2.05) is 33.8 Å². The van der Waals surface area contributed by atoms with Crippen LogP contribution in [0.4, 0.5) is 0 Å². The zero-order valence-electron chi connectivity index (χ0n) is 23.5. The van der Waals surface area contributed by atoms with E-state index in [9.17, 15) is 13.2 Å². The van der Waals surface area contributed by atoms with Crippen LogP contribution in [0.2, 0.25) is 5.02 Å². The van der Waals surface area contributed by atoms with Gasteiger partial charge in [-0.2, -0.15) is 9.59 Å². The molecule has 2 aromatic rings. The molecule has 2 fully saturated rings. The fourth-order valence-corrected chi connectivity index (χ4v) is 7.38. The number of hydrogen-bond acceptors (Lipinski definition) is 5. The molecule has 1 aromatic carbocycles. The minimum absolute atomic E-state index is 0.0396. The largest absolute Gasteiger partial charge is 0.373 e. The van der Waals surface area contributed by atoms with Gasteiger partial charge in [-0.15, -0.1) is 0 Å². The van der Waals surface area contributed by atoms with Crippen molar-refractivity contribution in [1.29, 1.82) is 0 Å². The van der Waals surface area contributed by atoms with Gasteiger partial charge < -0.3 is 9.88 Å². The minimum Gasteiger partial charge on any atom is -0.349 e. The van der Waals surface area contributed by atoms with Crippen LogP contribution in [-0.2, 0) is 26.2 Å². The van der Waals surface area contributed by atoms with E-state index in [1.54, 1.807) is 19.1 Å². The third-order valence-electron chi connectivity index (χ3n) is 7.56. The Morgan fingerprint density at radius 1 is 1.05 bits per heavy atom. The van der Waals surface area contributed by atoms with Gasteiger partial charge in [0.1, 0.15) is 0 Å². The van der Waals surface area contributed by atoms with Crippen molar-refractivity contribution < 1.29 is 22.8 Å². The lowest BCUT2D eigenvalue weighted by atomic mass is 9.89. The van der Waals surface area contributed by atoms with Gasteiger partial charge in [-0.1, -0.05) is 36.9 Å². The number of rotatable bonds is 7. The first kappa shape index (κ1) is 31.1. The number of aromatic nitrogens is 1. The summed E-state index contributed by atoms with van der Waals surface area (Å²) in [5.74, 6) is 0.518. The van der Waals surface area contributed by atoms with Gasteiger partial charge in [0.15, 0.2) is 0 Å². The second kappa shape index (κ2) is 12.8. The van der Waals surface area contributed by atoms with Crippen LogP contribution < -0.4 is 10.0 Å². The van der Waals surface area contributed by atoms with Crippen LogP contribution >= 0.6 is 11.6 Å². The Hall–Kier alpha value is -2.45. The van der Waals surface area contributed by atoms with E-state index in [-0.39, 0.29) is 23.0 Å². The summed E-state index contributed by atoms with van der Waals surface area (Å²) in [5, 5.41) is 3.58. The van der Waals surface area contributed by atoms with Crippen LogP contribution in [0.5, 0.6) is 0 Å². The molecule has 2 aliphatic rings. The lowest BCUT2D eigenvalue weighted by molar-refractivity contribution is -0.191. The molecule has 214 valence electrons. The maximum Gasteiger partial charge on any atom is 0.373 e. The molecule has 1 heterocycles. The summed E-state index contributed by atoms with van der Waals surface area (Å²) in [6.45, 7) is 10.0. The molecule has 4 rings (SSSR count). The quantitative estimate of drug-likeness (QED) is 0.433. The van der Waals surface area contributed by atoms with E-state index in [1.165, 1.54) is 32.1 Å². The Balaban J connectivity index is 0.00000134. The summed E-state index contributed by atoms with van der Waals surface area (Å²) in [5.41, 5.74) is 3.14. The van der Waals surface area contributed by atoms with Crippen molar-refractivity contribution in [2.24, 2.45) is 5.92 Å². The summed E-state index contributed by atoms with van der Waals surface area (Å²) in [6.07, 6.45) is 9.60. The molecule has 39 heavy (non-hydrogen) atoms. The molecule has 0 radical (unpaired) electrons. The van der Waals surface area contributed by atoms with Crippen molar-refractivity contribution in [3.63, 3.8) is 0 Å². The molecule has 0 saturated heterocycles. The summed E-state index contributed by atoms with van der Waals surface area (Å²) in [4.78, 5) is 29.6. The highest BCUT2D eigenvalue weighted by Gasteiger charge is 2.29. The van der Waals surface area contributed by atoms with Gasteiger partial charge in [0, 0.05) is 29.4 Å². The molecule has 0 unspecified atom stereocenters. The Morgan fingerprint density at radius 2 is 1.67 bits per heavy atom. The highest BCUT2D eigenvalue weighted by Crippen LogP contribution is 2.38. The second-order valence-electron chi connectivity index (χ2n) is 11.7. The lowest BCUT2D eigenvalue weighted by Gasteiger charge is -2.26. The molecule has 1 aromatic heterocycles. The van der Waals surface area contributed by atoms with Crippen molar-refractivity contribution in [3.05, 3.63) is 40.0 Å². The van der Waals surface area contributed by atoms with Crippen molar-refractivity contribution >= 4 is 33.7 Å². The molecule has 10 heteroatoms. The second-order valence-corrected chi connectivity index (χ2v) is 13.8. The molecular formula is C29H40ClN3O5S. The van der Waals surface area contributed by atoms with E-state index in [0.717, 1.165) is 42.8 Å². The third-order valence-corrected chi connectivity index (χ3v) is 9.95. The first-order valence-corrected chi connectivity index (χ1v) is 15.5. The summed E-state index contributed by atoms with van der Waals surface area (Å²) >= 11 is 6.88. The van der Waals surface area contributed by atoms with E-state index < -0.39 is 15.6 Å². The Morgan fingerprint density at radius 3 is 2.21 bits per heavy atom. The zero-order chi connectivity index (χ0) is 29.0. The van der Waals surface area contributed by atoms with E-state index in [0.29, 0.717) is 22.1 Å². The number of carbonyl (C=O) groups is 1. The summed E-state index contributed by atoms with van der Waals surface area (Å²) in [7, 11) is -3.73. The predicted octanol–water partition coefficient (Wildman–Crippen LogP) is 5.78. The van der Waals surface area contributed by atoms with Crippen molar-refractivity contribution in [3.8, 4) is 11.3 Å². The molecule has 8 nitrogen and oxygen atoms in total. The van der Waals surface area contributed by atoms with Crippen LogP contribution in [0.15, 0.2) is 23.1 Å². The number of halogens is 1. The molecule has 0 aliphatic heterocycles. The molecule has 2 N–H and O–H groups in total. The van der Waals surface area contributed by atoms with Crippen LogP contribution in [-0.4, -0.2) is 36.6 Å². The Kier molecular flexibility index (Phi) is 10.2. The fourth-order valence-electron chi connectivity index (χ4n) is 5.39. The van der Waals surface area contributed by atoms with Gasteiger partial charge in [-0.3, -0.25) is 4.79 Å². The number of nitrogens with zero attached hydrogens (tertiary/aromatic N) is 1.